The van der Waals surface area contributed by atoms with Crippen molar-refractivity contribution in [2.45, 2.75) is 6.61 Å². The number of rotatable bonds is 3. The summed E-state index contributed by atoms with van der Waals surface area (Å²) in [5, 5.41) is 0. The molecule has 4 N–H and O–H groups in total. The maximum atomic E-state index is 10.6. The normalized spacial score (nSPS) is 9.75. The Labute approximate surface area is 70.1 Å². The first-order chi connectivity index (χ1) is 5.74. The number of carbonyl (C=O) groups excluding carboxylic acids is 1. The highest BCUT2D eigenvalue weighted by Crippen LogP contribution is 2.03. The van der Waals surface area contributed by atoms with Gasteiger partial charge in [-0.3, -0.25) is 9.63 Å². The van der Waals surface area contributed by atoms with Crippen molar-refractivity contribution in [1.29, 1.82) is 0 Å². The van der Waals surface area contributed by atoms with Crippen molar-refractivity contribution in [2.75, 3.05) is 0 Å². The third kappa shape index (κ3) is 2.05. The van der Waals surface area contributed by atoms with Gasteiger partial charge in [0.25, 0.3) is 0 Å². The summed E-state index contributed by atoms with van der Waals surface area (Å²) < 4.78 is 0. The maximum Gasteiger partial charge on any atom is 0.248 e. The number of amides is 1. The number of benzene rings is 1. The fraction of sp³-hybridized carbons (Fsp3) is 0.125. The van der Waals surface area contributed by atoms with Crippen LogP contribution in [0.5, 0.6) is 0 Å². The standard InChI is InChI=1S/C8H10N2O2/c9-8(11)7-3-1-6(2-4-7)5-12-10/h1-4H,5,10H2,(H2,9,11). The Morgan fingerprint density at radius 3 is 2.33 bits per heavy atom. The Morgan fingerprint density at radius 1 is 1.33 bits per heavy atom. The summed E-state index contributed by atoms with van der Waals surface area (Å²) in [5.74, 6) is 4.43. The van der Waals surface area contributed by atoms with Crippen LogP contribution >= 0.6 is 0 Å². The summed E-state index contributed by atoms with van der Waals surface area (Å²) in [5.41, 5.74) is 6.43. The summed E-state index contributed by atoms with van der Waals surface area (Å²) >= 11 is 0. The second-order valence-corrected chi connectivity index (χ2v) is 2.37. The molecular weight excluding hydrogens is 156 g/mol. The first kappa shape index (κ1) is 8.70. The van der Waals surface area contributed by atoms with Crippen LogP contribution in [0.4, 0.5) is 0 Å². The van der Waals surface area contributed by atoms with Crippen LogP contribution in [0.1, 0.15) is 15.9 Å². The number of hydrogen-bond acceptors (Lipinski definition) is 3. The lowest BCUT2D eigenvalue weighted by molar-refractivity contribution is 0.1000. The molecule has 0 heterocycles. The van der Waals surface area contributed by atoms with Crippen LogP contribution in [0, 0.1) is 0 Å². The minimum absolute atomic E-state index is 0.332. The largest absolute Gasteiger partial charge is 0.366 e. The van der Waals surface area contributed by atoms with Gasteiger partial charge in [-0.1, -0.05) is 12.1 Å². The zero-order valence-corrected chi connectivity index (χ0v) is 6.49. The zero-order valence-electron chi connectivity index (χ0n) is 6.49. The molecule has 0 radical (unpaired) electrons. The maximum absolute atomic E-state index is 10.6. The van der Waals surface area contributed by atoms with Crippen molar-refractivity contribution >= 4 is 5.91 Å². The summed E-state index contributed by atoms with van der Waals surface area (Å²) in [6.07, 6.45) is 0. The Bertz CT molecular complexity index is 269. The molecule has 0 atom stereocenters. The summed E-state index contributed by atoms with van der Waals surface area (Å²) in [6.45, 7) is 0.332. The Balaban J connectivity index is 2.78. The fourth-order valence-electron chi connectivity index (χ4n) is 0.861. The van der Waals surface area contributed by atoms with Crippen molar-refractivity contribution < 1.29 is 9.63 Å². The van der Waals surface area contributed by atoms with Crippen molar-refractivity contribution in [3.63, 3.8) is 0 Å². The highest BCUT2D eigenvalue weighted by Gasteiger charge is 1.98. The molecule has 0 fully saturated rings. The van der Waals surface area contributed by atoms with Crippen molar-refractivity contribution in [3.05, 3.63) is 35.4 Å². The third-order valence-corrected chi connectivity index (χ3v) is 1.49. The van der Waals surface area contributed by atoms with Crippen LogP contribution in [0.2, 0.25) is 0 Å². The molecule has 0 aliphatic carbocycles. The number of hydrogen-bond donors (Lipinski definition) is 2. The molecule has 0 aliphatic rings. The average molecular weight is 166 g/mol. The molecule has 4 nitrogen and oxygen atoms in total. The van der Waals surface area contributed by atoms with Gasteiger partial charge in [-0.25, -0.2) is 5.90 Å². The molecule has 1 amide bonds. The summed E-state index contributed by atoms with van der Waals surface area (Å²) in [6, 6.07) is 6.76. The predicted octanol–water partition coefficient (Wildman–Crippen LogP) is 0.176. The molecule has 1 rings (SSSR count). The lowest BCUT2D eigenvalue weighted by Crippen LogP contribution is -2.10. The van der Waals surface area contributed by atoms with Crippen molar-refractivity contribution in [3.8, 4) is 0 Å². The molecular formula is C8H10N2O2. The second kappa shape index (κ2) is 3.85. The van der Waals surface area contributed by atoms with E-state index in [9.17, 15) is 4.79 Å². The monoisotopic (exact) mass is 166 g/mol. The van der Waals surface area contributed by atoms with Crippen LogP contribution < -0.4 is 11.6 Å². The first-order valence-corrected chi connectivity index (χ1v) is 3.44. The van der Waals surface area contributed by atoms with Gasteiger partial charge in [0, 0.05) is 5.56 Å². The van der Waals surface area contributed by atoms with Gasteiger partial charge in [0.2, 0.25) is 5.91 Å². The van der Waals surface area contributed by atoms with Gasteiger partial charge in [0.05, 0.1) is 6.61 Å². The van der Waals surface area contributed by atoms with E-state index in [-0.39, 0.29) is 0 Å². The van der Waals surface area contributed by atoms with Crippen molar-refractivity contribution in [2.24, 2.45) is 11.6 Å². The van der Waals surface area contributed by atoms with Gasteiger partial charge in [0.1, 0.15) is 0 Å². The van der Waals surface area contributed by atoms with E-state index < -0.39 is 5.91 Å². The zero-order chi connectivity index (χ0) is 8.97. The molecule has 64 valence electrons. The summed E-state index contributed by atoms with van der Waals surface area (Å²) in [7, 11) is 0. The topological polar surface area (TPSA) is 78.3 Å². The number of carbonyl (C=O) groups is 1. The van der Waals surface area contributed by atoms with Crippen LogP contribution in [0.15, 0.2) is 24.3 Å². The van der Waals surface area contributed by atoms with Crippen LogP contribution in [-0.2, 0) is 11.4 Å². The minimum Gasteiger partial charge on any atom is -0.366 e. The SMILES string of the molecule is NOCc1ccc(C(N)=O)cc1. The highest BCUT2D eigenvalue weighted by atomic mass is 16.6. The molecule has 1 aromatic carbocycles. The van der Waals surface area contributed by atoms with Gasteiger partial charge in [0.15, 0.2) is 0 Å². The van der Waals surface area contributed by atoms with E-state index >= 15 is 0 Å². The molecule has 0 unspecified atom stereocenters. The molecule has 0 bridgehead atoms. The van der Waals surface area contributed by atoms with Crippen LogP contribution in [-0.4, -0.2) is 5.91 Å². The Hall–Kier alpha value is -1.39. The Morgan fingerprint density at radius 2 is 1.92 bits per heavy atom. The summed E-state index contributed by atoms with van der Waals surface area (Å²) in [4.78, 5) is 15.0. The van der Waals surface area contributed by atoms with Crippen molar-refractivity contribution in [1.82, 2.24) is 0 Å². The predicted molar refractivity (Wildman–Crippen MR) is 43.9 cm³/mol. The molecule has 0 aromatic heterocycles. The minimum atomic E-state index is -0.435. The lowest BCUT2D eigenvalue weighted by atomic mass is 10.1. The molecule has 0 saturated carbocycles. The first-order valence-electron chi connectivity index (χ1n) is 3.44. The Kier molecular flexibility index (Phi) is 2.79. The van der Waals surface area contributed by atoms with E-state index in [2.05, 4.69) is 4.84 Å². The quantitative estimate of drug-likeness (QED) is 0.628. The van der Waals surface area contributed by atoms with Crippen LogP contribution in [0.3, 0.4) is 0 Å². The second-order valence-electron chi connectivity index (χ2n) is 2.37. The van der Waals surface area contributed by atoms with Gasteiger partial charge in [-0.2, -0.15) is 0 Å². The van der Waals surface area contributed by atoms with E-state index in [4.69, 9.17) is 11.6 Å². The molecule has 0 aliphatic heterocycles. The molecule has 0 spiro atoms. The average Bonchev–Trinajstić information content (AvgIpc) is 2.06. The van der Waals surface area contributed by atoms with E-state index in [1.54, 1.807) is 24.3 Å². The number of primary amides is 1. The molecule has 1 aromatic rings. The molecule has 0 saturated heterocycles. The van der Waals surface area contributed by atoms with Gasteiger partial charge >= 0.3 is 0 Å². The third-order valence-electron chi connectivity index (χ3n) is 1.49. The molecule has 12 heavy (non-hydrogen) atoms. The fourth-order valence-corrected chi connectivity index (χ4v) is 0.861. The lowest BCUT2D eigenvalue weighted by Gasteiger charge is -1.99. The smallest absolute Gasteiger partial charge is 0.248 e. The van der Waals surface area contributed by atoms with E-state index in [1.165, 1.54) is 0 Å². The van der Waals surface area contributed by atoms with Gasteiger partial charge in [-0.15, -0.1) is 0 Å². The van der Waals surface area contributed by atoms with E-state index in [1.807, 2.05) is 0 Å². The van der Waals surface area contributed by atoms with Gasteiger partial charge in [-0.05, 0) is 17.7 Å². The van der Waals surface area contributed by atoms with E-state index in [0.717, 1.165) is 5.56 Å². The van der Waals surface area contributed by atoms with Crippen LogP contribution in [0.25, 0.3) is 0 Å². The molecule has 4 heteroatoms. The van der Waals surface area contributed by atoms with E-state index in [0.29, 0.717) is 12.2 Å². The van der Waals surface area contributed by atoms with Gasteiger partial charge < -0.3 is 5.73 Å². The number of nitrogens with two attached hydrogens (primary N) is 2. The highest BCUT2D eigenvalue weighted by molar-refractivity contribution is 5.92.